The molecular weight excluding hydrogens is 504 g/mol. The van der Waals surface area contributed by atoms with Crippen LogP contribution in [0.15, 0.2) is 60.7 Å². The topological polar surface area (TPSA) is 123 Å². The Morgan fingerprint density at radius 3 is 1.44 bits per heavy atom. The second kappa shape index (κ2) is 15.4. The maximum absolute atomic E-state index is 11.9. The van der Waals surface area contributed by atoms with Crippen LogP contribution in [0.3, 0.4) is 0 Å². The number of benzene rings is 2. The minimum absolute atomic E-state index is 0.0989. The molecule has 2 aliphatic heterocycles. The number of hydrogen-bond donors (Lipinski definition) is 1. The number of likely N-dealkylation sites (tertiary alicyclic amines) is 2. The van der Waals surface area contributed by atoms with Gasteiger partial charge < -0.3 is 29.1 Å². The largest absolute Gasteiger partial charge is 0.481 e. The fourth-order valence-corrected chi connectivity index (χ4v) is 4.39. The van der Waals surface area contributed by atoms with Gasteiger partial charge in [0.2, 0.25) is 0 Å². The minimum atomic E-state index is -0.780. The number of piperidine rings is 2. The summed E-state index contributed by atoms with van der Waals surface area (Å²) in [6.07, 6.45) is 1.57. The number of aliphatic carboxylic acids is 1. The smallest absolute Gasteiger partial charge is 0.410 e. The highest BCUT2D eigenvalue weighted by Crippen LogP contribution is 2.20. The first-order chi connectivity index (χ1) is 18.9. The van der Waals surface area contributed by atoms with Gasteiger partial charge in [0.25, 0.3) is 0 Å². The highest BCUT2D eigenvalue weighted by atomic mass is 16.6. The van der Waals surface area contributed by atoms with Gasteiger partial charge in [0, 0.05) is 26.2 Å². The number of hydrogen-bond acceptors (Lipinski definition) is 7. The Morgan fingerprint density at radius 2 is 1.08 bits per heavy atom. The van der Waals surface area contributed by atoms with E-state index < -0.39 is 5.97 Å². The van der Waals surface area contributed by atoms with E-state index in [1.165, 1.54) is 7.11 Å². The third kappa shape index (κ3) is 9.63. The number of methoxy groups -OCH3 is 1. The van der Waals surface area contributed by atoms with E-state index in [9.17, 15) is 19.2 Å². The van der Waals surface area contributed by atoms with Crippen molar-refractivity contribution in [1.29, 1.82) is 0 Å². The Labute approximate surface area is 228 Å². The maximum atomic E-state index is 11.9. The molecule has 0 aliphatic carbocycles. The number of carbonyl (C=O) groups is 4. The molecule has 2 aromatic carbocycles. The lowest BCUT2D eigenvalue weighted by Gasteiger charge is -2.29. The van der Waals surface area contributed by atoms with Crippen LogP contribution in [0.5, 0.6) is 0 Å². The Morgan fingerprint density at radius 1 is 0.692 bits per heavy atom. The van der Waals surface area contributed by atoms with Gasteiger partial charge in [0.05, 0.1) is 18.9 Å². The lowest BCUT2D eigenvalue weighted by Crippen LogP contribution is -2.40. The van der Waals surface area contributed by atoms with Crippen LogP contribution in [0.2, 0.25) is 0 Å². The van der Waals surface area contributed by atoms with Crippen LogP contribution in [0.1, 0.15) is 36.8 Å². The zero-order valence-electron chi connectivity index (χ0n) is 22.2. The van der Waals surface area contributed by atoms with Gasteiger partial charge >= 0.3 is 24.1 Å². The molecule has 210 valence electrons. The molecule has 2 fully saturated rings. The van der Waals surface area contributed by atoms with Crippen molar-refractivity contribution in [3.63, 3.8) is 0 Å². The molecule has 0 bridgehead atoms. The molecule has 0 radical (unpaired) electrons. The Kier molecular flexibility index (Phi) is 11.6. The summed E-state index contributed by atoms with van der Waals surface area (Å²) in [5.74, 6) is -1.41. The normalized spacial score (nSPS) is 15.9. The van der Waals surface area contributed by atoms with Crippen molar-refractivity contribution in [1.82, 2.24) is 9.80 Å². The first-order valence-electron chi connectivity index (χ1n) is 13.1. The first-order valence-corrected chi connectivity index (χ1v) is 13.1. The lowest BCUT2D eigenvalue weighted by molar-refractivity contribution is -0.147. The zero-order valence-corrected chi connectivity index (χ0v) is 22.2. The molecule has 2 amide bonds. The van der Waals surface area contributed by atoms with E-state index in [0.29, 0.717) is 51.9 Å². The molecule has 10 heteroatoms. The van der Waals surface area contributed by atoms with Crippen molar-refractivity contribution in [2.75, 3.05) is 33.3 Å². The molecule has 2 aromatic rings. The molecule has 2 aliphatic rings. The molecule has 39 heavy (non-hydrogen) atoms. The molecule has 0 atom stereocenters. The van der Waals surface area contributed by atoms with Crippen molar-refractivity contribution < 1.29 is 38.5 Å². The van der Waals surface area contributed by atoms with Crippen LogP contribution >= 0.6 is 0 Å². The Hall–Kier alpha value is -4.08. The van der Waals surface area contributed by atoms with Crippen LogP contribution in [-0.2, 0) is 37.0 Å². The van der Waals surface area contributed by atoms with Gasteiger partial charge in [-0.05, 0) is 36.8 Å². The molecule has 2 saturated heterocycles. The highest BCUT2D eigenvalue weighted by molar-refractivity contribution is 5.73. The third-order valence-electron chi connectivity index (χ3n) is 6.80. The van der Waals surface area contributed by atoms with Gasteiger partial charge in [-0.1, -0.05) is 60.7 Å². The fourth-order valence-electron chi connectivity index (χ4n) is 4.39. The average Bonchev–Trinajstić information content (AvgIpc) is 2.99. The summed E-state index contributed by atoms with van der Waals surface area (Å²) in [5.41, 5.74) is 1.90. The van der Waals surface area contributed by atoms with Crippen molar-refractivity contribution in [2.45, 2.75) is 38.9 Å². The van der Waals surface area contributed by atoms with Crippen molar-refractivity contribution >= 4 is 24.1 Å². The number of ether oxygens (including phenoxy) is 3. The van der Waals surface area contributed by atoms with Crippen LogP contribution in [0.4, 0.5) is 9.59 Å². The Bertz CT molecular complexity index is 1060. The third-order valence-corrected chi connectivity index (χ3v) is 6.80. The van der Waals surface area contributed by atoms with Crippen LogP contribution < -0.4 is 0 Å². The van der Waals surface area contributed by atoms with Crippen molar-refractivity contribution in [3.8, 4) is 0 Å². The van der Waals surface area contributed by atoms with Gasteiger partial charge in [-0.3, -0.25) is 9.59 Å². The summed E-state index contributed by atoms with van der Waals surface area (Å²) in [6, 6.07) is 19.0. The Balaban J connectivity index is 0.000000216. The summed E-state index contributed by atoms with van der Waals surface area (Å²) < 4.78 is 15.2. The summed E-state index contributed by atoms with van der Waals surface area (Å²) in [6.45, 7) is 2.49. The van der Waals surface area contributed by atoms with Gasteiger partial charge in [0.15, 0.2) is 0 Å². The summed E-state index contributed by atoms with van der Waals surface area (Å²) >= 11 is 0. The molecule has 10 nitrogen and oxygen atoms in total. The number of rotatable bonds is 6. The van der Waals surface area contributed by atoms with E-state index in [4.69, 9.17) is 19.3 Å². The summed E-state index contributed by atoms with van der Waals surface area (Å²) in [4.78, 5) is 49.1. The van der Waals surface area contributed by atoms with E-state index in [2.05, 4.69) is 0 Å². The SMILES string of the molecule is COC(=O)C1CCN(C(=O)OCc2ccccc2)CC1.O=C(O)C1CCN(C(=O)OCc2ccccc2)CC1. The van der Waals surface area contributed by atoms with Crippen LogP contribution in [0, 0.1) is 11.8 Å². The molecule has 4 rings (SSSR count). The van der Waals surface area contributed by atoms with Crippen LogP contribution in [-0.4, -0.2) is 72.3 Å². The second-order valence-corrected chi connectivity index (χ2v) is 9.46. The number of esters is 1. The molecule has 0 aromatic heterocycles. The molecular formula is C29H36N2O8. The number of carboxylic acids is 1. The van der Waals surface area contributed by atoms with Crippen molar-refractivity contribution in [3.05, 3.63) is 71.8 Å². The fraction of sp³-hybridized carbons (Fsp3) is 0.448. The highest BCUT2D eigenvalue weighted by Gasteiger charge is 2.29. The number of carbonyl (C=O) groups excluding carboxylic acids is 3. The van der Waals surface area contributed by atoms with Crippen molar-refractivity contribution in [2.24, 2.45) is 11.8 Å². The van der Waals surface area contributed by atoms with Gasteiger partial charge in [0.1, 0.15) is 13.2 Å². The van der Waals surface area contributed by atoms with E-state index in [1.54, 1.807) is 9.80 Å². The molecule has 0 spiro atoms. The standard InChI is InChI=1S/C15H19NO4.C14H17NO4/c1-19-14(17)13-7-9-16(10-8-13)15(18)20-11-12-5-3-2-4-6-12;16-13(17)12-6-8-15(9-7-12)14(18)19-10-11-4-2-1-3-5-11/h2-6,13H,7-11H2,1H3;1-5,12H,6-10H2,(H,16,17). The molecule has 1 N–H and O–H groups in total. The molecule has 0 saturated carbocycles. The molecule has 2 heterocycles. The summed E-state index contributed by atoms with van der Waals surface area (Å²) in [7, 11) is 1.39. The van der Waals surface area contributed by atoms with E-state index in [-0.39, 0.29) is 43.2 Å². The second-order valence-electron chi connectivity index (χ2n) is 9.46. The lowest BCUT2D eigenvalue weighted by atomic mass is 9.97. The van der Waals surface area contributed by atoms with Gasteiger partial charge in [-0.15, -0.1) is 0 Å². The maximum Gasteiger partial charge on any atom is 0.410 e. The first kappa shape index (κ1) is 29.5. The van der Waals surface area contributed by atoms with E-state index in [0.717, 1.165) is 11.1 Å². The molecule has 0 unspecified atom stereocenters. The van der Waals surface area contributed by atoms with E-state index in [1.807, 2.05) is 60.7 Å². The zero-order chi connectivity index (χ0) is 28.0. The van der Waals surface area contributed by atoms with Gasteiger partial charge in [-0.2, -0.15) is 0 Å². The minimum Gasteiger partial charge on any atom is -0.481 e. The van der Waals surface area contributed by atoms with Gasteiger partial charge in [-0.25, -0.2) is 9.59 Å². The number of nitrogens with zero attached hydrogens (tertiary/aromatic N) is 2. The van der Waals surface area contributed by atoms with Crippen LogP contribution in [0.25, 0.3) is 0 Å². The predicted molar refractivity (Wildman–Crippen MR) is 141 cm³/mol. The monoisotopic (exact) mass is 540 g/mol. The average molecular weight is 541 g/mol. The van der Waals surface area contributed by atoms with E-state index >= 15 is 0 Å². The number of amides is 2. The number of carboxylic acid groups (broad SMARTS) is 1. The summed E-state index contributed by atoms with van der Waals surface area (Å²) in [5, 5.41) is 8.88. The quantitative estimate of drug-likeness (QED) is 0.424. The predicted octanol–water partition coefficient (Wildman–Crippen LogP) is 4.33.